The molecule has 2 aliphatic rings. The van der Waals surface area contributed by atoms with E-state index in [-0.39, 0.29) is 11.9 Å². The minimum Gasteiger partial charge on any atom is -0.388 e. The van der Waals surface area contributed by atoms with E-state index in [1.54, 1.807) is 0 Å². The van der Waals surface area contributed by atoms with E-state index in [9.17, 15) is 9.90 Å². The maximum absolute atomic E-state index is 12.0. The topological polar surface area (TPSA) is 64.6 Å². The first kappa shape index (κ1) is 14.6. The molecule has 2 heterocycles. The van der Waals surface area contributed by atoms with E-state index in [2.05, 4.69) is 15.5 Å². The van der Waals surface area contributed by atoms with Crippen LogP contribution in [0.4, 0.5) is 11.4 Å². The average molecular weight is 310 g/mol. The molecule has 1 fully saturated rings. The van der Waals surface area contributed by atoms with Crippen molar-refractivity contribution < 1.29 is 9.90 Å². The summed E-state index contributed by atoms with van der Waals surface area (Å²) >= 11 is 6.40. The Kier molecular flexibility index (Phi) is 3.59. The summed E-state index contributed by atoms with van der Waals surface area (Å²) in [5.74, 6) is -0.0477. The maximum Gasteiger partial charge on any atom is 0.246 e. The van der Waals surface area contributed by atoms with Gasteiger partial charge >= 0.3 is 0 Å². The van der Waals surface area contributed by atoms with Crippen molar-refractivity contribution in [1.82, 2.24) is 5.32 Å². The Balaban J connectivity index is 1.93. The van der Waals surface area contributed by atoms with E-state index in [1.165, 1.54) is 0 Å². The van der Waals surface area contributed by atoms with Crippen LogP contribution in [-0.4, -0.2) is 36.2 Å². The monoisotopic (exact) mass is 309 g/mol. The van der Waals surface area contributed by atoms with Gasteiger partial charge in [0, 0.05) is 24.3 Å². The number of halogens is 1. The van der Waals surface area contributed by atoms with Crippen LogP contribution in [0.3, 0.4) is 0 Å². The van der Waals surface area contributed by atoms with Crippen LogP contribution in [0, 0.1) is 0 Å². The molecule has 1 saturated heterocycles. The normalized spacial score (nSPS) is 27.9. The second-order valence-electron chi connectivity index (χ2n) is 6.04. The van der Waals surface area contributed by atoms with E-state index in [1.807, 2.05) is 26.0 Å². The summed E-state index contributed by atoms with van der Waals surface area (Å²) in [7, 11) is 0. The number of anilines is 2. The van der Waals surface area contributed by atoms with E-state index >= 15 is 0 Å². The Morgan fingerprint density at radius 2 is 2.33 bits per heavy atom. The van der Waals surface area contributed by atoms with Gasteiger partial charge in [-0.3, -0.25) is 4.79 Å². The first-order valence-corrected chi connectivity index (χ1v) is 7.64. The molecule has 0 saturated carbocycles. The van der Waals surface area contributed by atoms with Crippen LogP contribution in [-0.2, 0) is 4.79 Å². The number of likely N-dealkylation sites (N-methyl/N-ethyl adjacent to an activating group) is 1. The molecule has 1 aromatic rings. The van der Waals surface area contributed by atoms with Crippen LogP contribution < -0.4 is 15.5 Å². The number of fused-ring (bicyclic) bond motifs is 1. The highest BCUT2D eigenvalue weighted by Gasteiger charge is 2.35. The van der Waals surface area contributed by atoms with Gasteiger partial charge in [-0.1, -0.05) is 18.5 Å². The predicted molar refractivity (Wildman–Crippen MR) is 84.0 cm³/mol. The number of carbonyl (C=O) groups is 1. The Morgan fingerprint density at radius 1 is 1.57 bits per heavy atom. The van der Waals surface area contributed by atoms with Crippen molar-refractivity contribution >= 4 is 28.9 Å². The second kappa shape index (κ2) is 5.16. The number of carbonyl (C=O) groups excluding carboxylic acids is 1. The fourth-order valence-corrected chi connectivity index (χ4v) is 3.36. The van der Waals surface area contributed by atoms with Gasteiger partial charge in [0.15, 0.2) is 0 Å². The molecule has 0 spiro atoms. The molecule has 3 rings (SSSR count). The predicted octanol–water partition coefficient (Wildman–Crippen LogP) is 1.90. The zero-order chi connectivity index (χ0) is 15.2. The Morgan fingerprint density at radius 3 is 2.95 bits per heavy atom. The van der Waals surface area contributed by atoms with Gasteiger partial charge in [0.25, 0.3) is 0 Å². The lowest BCUT2D eigenvalue weighted by atomic mass is 10.1. The highest BCUT2D eigenvalue weighted by molar-refractivity contribution is 6.33. The van der Waals surface area contributed by atoms with Gasteiger partial charge in [-0.2, -0.15) is 0 Å². The molecule has 5 nitrogen and oxygen atoms in total. The first-order valence-electron chi connectivity index (χ1n) is 7.26. The second-order valence-corrected chi connectivity index (χ2v) is 6.45. The molecule has 6 heteroatoms. The molecule has 0 aliphatic carbocycles. The van der Waals surface area contributed by atoms with Crippen molar-refractivity contribution in [3.8, 4) is 0 Å². The highest BCUT2D eigenvalue weighted by Crippen LogP contribution is 2.40. The number of hydrogen-bond donors (Lipinski definition) is 3. The zero-order valence-electron chi connectivity index (χ0n) is 12.2. The summed E-state index contributed by atoms with van der Waals surface area (Å²) in [6.45, 7) is 5.82. The molecule has 1 amide bonds. The number of nitrogens with zero attached hydrogens (tertiary/aromatic N) is 1. The summed E-state index contributed by atoms with van der Waals surface area (Å²) in [5.41, 5.74) is 1.88. The number of rotatable bonds is 3. The lowest BCUT2D eigenvalue weighted by molar-refractivity contribution is -0.117. The molecule has 2 unspecified atom stereocenters. The summed E-state index contributed by atoms with van der Waals surface area (Å²) in [6, 6.07) is 3.43. The summed E-state index contributed by atoms with van der Waals surface area (Å²) in [4.78, 5) is 14.1. The molecule has 2 aliphatic heterocycles. The van der Waals surface area contributed by atoms with E-state index in [4.69, 9.17) is 11.6 Å². The van der Waals surface area contributed by atoms with E-state index in [0.717, 1.165) is 23.5 Å². The van der Waals surface area contributed by atoms with Crippen molar-refractivity contribution in [1.29, 1.82) is 0 Å². The van der Waals surface area contributed by atoms with Gasteiger partial charge in [0.2, 0.25) is 5.91 Å². The van der Waals surface area contributed by atoms with Crippen LogP contribution in [0.5, 0.6) is 0 Å². The highest BCUT2D eigenvalue weighted by atomic mass is 35.5. The lowest BCUT2D eigenvalue weighted by Crippen LogP contribution is -2.29. The third kappa shape index (κ3) is 2.61. The molecule has 3 N–H and O–H groups in total. The summed E-state index contributed by atoms with van der Waals surface area (Å²) < 4.78 is 0. The molecule has 21 heavy (non-hydrogen) atoms. The molecule has 1 aromatic carbocycles. The number of amides is 1. The smallest absolute Gasteiger partial charge is 0.246 e. The zero-order valence-corrected chi connectivity index (χ0v) is 13.0. The van der Waals surface area contributed by atoms with Crippen LogP contribution in [0.2, 0.25) is 5.02 Å². The van der Waals surface area contributed by atoms with Gasteiger partial charge in [-0.25, -0.2) is 0 Å². The summed E-state index contributed by atoms with van der Waals surface area (Å²) in [6.07, 6.45) is 0.715. The van der Waals surface area contributed by atoms with E-state index in [0.29, 0.717) is 24.5 Å². The van der Waals surface area contributed by atoms with Gasteiger partial charge in [-0.15, -0.1) is 0 Å². The fraction of sp³-hybridized carbons (Fsp3) is 0.533. The molecule has 114 valence electrons. The number of aliphatic hydroxyl groups is 1. The molecule has 0 radical (unpaired) electrons. The Labute approximate surface area is 129 Å². The third-order valence-corrected chi connectivity index (χ3v) is 4.45. The third-order valence-electron chi connectivity index (χ3n) is 4.15. The molecule has 2 atom stereocenters. The average Bonchev–Trinajstić information content (AvgIpc) is 2.90. The van der Waals surface area contributed by atoms with Gasteiger partial charge < -0.3 is 20.6 Å². The Hall–Kier alpha value is -1.30. The molecule has 0 aromatic heterocycles. The van der Waals surface area contributed by atoms with E-state index < -0.39 is 5.60 Å². The minimum atomic E-state index is -0.683. The van der Waals surface area contributed by atoms with Crippen LogP contribution >= 0.6 is 11.6 Å². The summed E-state index contributed by atoms with van der Waals surface area (Å²) in [5, 5.41) is 16.8. The fourth-order valence-electron chi connectivity index (χ4n) is 3.07. The molecular formula is C15H20ClN3O2. The first-order chi connectivity index (χ1) is 9.91. The number of β-amino-alcohol motifs (C(OH)–C–C–N with tert-alkyl or cyclic N) is 1. The van der Waals surface area contributed by atoms with Crippen molar-refractivity contribution in [2.45, 2.75) is 31.9 Å². The SMILES string of the molecule is CCNC1C(=O)Nc2cc(N3CCC(C)(O)C3)c(Cl)cc21. The van der Waals surface area contributed by atoms with Gasteiger partial charge in [0.1, 0.15) is 6.04 Å². The van der Waals surface area contributed by atoms with Crippen molar-refractivity contribution in [2.24, 2.45) is 0 Å². The van der Waals surface area contributed by atoms with Crippen LogP contribution in [0.15, 0.2) is 12.1 Å². The Bertz CT molecular complexity index is 589. The molecule has 0 bridgehead atoms. The largest absolute Gasteiger partial charge is 0.388 e. The minimum absolute atomic E-state index is 0.0477. The quantitative estimate of drug-likeness (QED) is 0.798. The van der Waals surface area contributed by atoms with Crippen molar-refractivity contribution in [2.75, 3.05) is 29.9 Å². The maximum atomic E-state index is 12.0. The van der Waals surface area contributed by atoms with Crippen molar-refractivity contribution in [3.63, 3.8) is 0 Å². The molecular weight excluding hydrogens is 290 g/mol. The number of hydrogen-bond acceptors (Lipinski definition) is 4. The van der Waals surface area contributed by atoms with Crippen molar-refractivity contribution in [3.05, 3.63) is 22.7 Å². The van der Waals surface area contributed by atoms with Crippen LogP contribution in [0.25, 0.3) is 0 Å². The number of nitrogens with one attached hydrogen (secondary N) is 2. The van der Waals surface area contributed by atoms with Crippen LogP contribution in [0.1, 0.15) is 31.9 Å². The lowest BCUT2D eigenvalue weighted by Gasteiger charge is -2.23. The standard InChI is InChI=1S/C15H20ClN3O2/c1-3-17-13-9-6-10(16)12(7-11(9)18-14(13)20)19-5-4-15(2,21)8-19/h6-7,13,17,21H,3-5,8H2,1-2H3,(H,18,20). The number of benzene rings is 1. The van der Waals surface area contributed by atoms with Gasteiger partial charge in [0.05, 0.1) is 16.3 Å². The van der Waals surface area contributed by atoms with Gasteiger partial charge in [-0.05, 0) is 32.0 Å².